The molecule has 0 atom stereocenters. The van der Waals surface area contributed by atoms with Crippen molar-refractivity contribution in [3.8, 4) is 0 Å². The van der Waals surface area contributed by atoms with Crippen LogP contribution >= 0.6 is 11.6 Å². The number of nitrogens with one attached hydrogen (secondary N) is 1. The van der Waals surface area contributed by atoms with E-state index in [4.69, 9.17) is 17.3 Å². The normalized spacial score (nSPS) is 18.7. The molecule has 0 aromatic heterocycles. The second-order valence-electron chi connectivity index (χ2n) is 3.97. The number of hydrogen-bond donors (Lipinski definition) is 2. The predicted octanol–water partition coefficient (Wildman–Crippen LogP) is 2.63. The summed E-state index contributed by atoms with van der Waals surface area (Å²) in [6.45, 7) is 0.694. The minimum absolute atomic E-state index is 0.130. The minimum atomic E-state index is 0.130. The number of hydrogen-bond acceptors (Lipinski definition) is 2. The van der Waals surface area contributed by atoms with Crippen molar-refractivity contribution in [2.45, 2.75) is 24.8 Å². The van der Waals surface area contributed by atoms with Gasteiger partial charge in [0.15, 0.2) is 0 Å². The van der Waals surface area contributed by atoms with Gasteiger partial charge in [-0.15, -0.1) is 0 Å². The summed E-state index contributed by atoms with van der Waals surface area (Å²) < 4.78 is 0. The maximum absolute atomic E-state index is 5.91. The molecular weight excluding hydrogens is 196 g/mol. The van der Waals surface area contributed by atoms with Crippen LogP contribution < -0.4 is 11.1 Å². The Morgan fingerprint density at radius 2 is 2.21 bits per heavy atom. The molecular formula is C11H15ClN2. The van der Waals surface area contributed by atoms with Gasteiger partial charge in [-0.05, 0) is 37.5 Å². The third-order valence-electron chi connectivity index (χ3n) is 2.94. The van der Waals surface area contributed by atoms with Crippen LogP contribution in [0.2, 0.25) is 5.02 Å². The van der Waals surface area contributed by atoms with Crippen molar-refractivity contribution < 1.29 is 0 Å². The molecule has 1 fully saturated rings. The summed E-state index contributed by atoms with van der Waals surface area (Å²) in [6, 6.07) is 7.80. The molecule has 2 rings (SSSR count). The molecule has 0 spiro atoms. The highest BCUT2D eigenvalue weighted by Crippen LogP contribution is 2.34. The lowest BCUT2D eigenvalue weighted by molar-refractivity contribution is 0.287. The van der Waals surface area contributed by atoms with Crippen LogP contribution in [0.5, 0.6) is 0 Å². The molecule has 0 aliphatic heterocycles. The van der Waals surface area contributed by atoms with Gasteiger partial charge in [-0.25, -0.2) is 0 Å². The van der Waals surface area contributed by atoms with Gasteiger partial charge in [-0.3, -0.25) is 0 Å². The zero-order valence-corrected chi connectivity index (χ0v) is 8.85. The van der Waals surface area contributed by atoms with E-state index in [1.54, 1.807) is 0 Å². The van der Waals surface area contributed by atoms with Gasteiger partial charge in [0.25, 0.3) is 0 Å². The topological polar surface area (TPSA) is 38.0 Å². The quantitative estimate of drug-likeness (QED) is 0.805. The summed E-state index contributed by atoms with van der Waals surface area (Å²) in [5.74, 6) is 0. The lowest BCUT2D eigenvalue weighted by Crippen LogP contribution is -2.51. The molecule has 1 saturated carbocycles. The van der Waals surface area contributed by atoms with Gasteiger partial charge >= 0.3 is 0 Å². The van der Waals surface area contributed by atoms with Crippen LogP contribution in [0.15, 0.2) is 24.3 Å². The maximum Gasteiger partial charge on any atom is 0.0495 e. The summed E-state index contributed by atoms with van der Waals surface area (Å²) in [4.78, 5) is 0. The Kier molecular flexibility index (Phi) is 2.66. The molecule has 0 bridgehead atoms. The minimum Gasteiger partial charge on any atom is -0.378 e. The van der Waals surface area contributed by atoms with Crippen molar-refractivity contribution in [1.82, 2.24) is 0 Å². The summed E-state index contributed by atoms with van der Waals surface area (Å²) >= 11 is 5.91. The molecule has 1 aromatic carbocycles. The summed E-state index contributed by atoms with van der Waals surface area (Å²) in [5.41, 5.74) is 6.96. The van der Waals surface area contributed by atoms with Crippen LogP contribution in [-0.2, 0) is 0 Å². The maximum atomic E-state index is 5.91. The smallest absolute Gasteiger partial charge is 0.0495 e. The van der Waals surface area contributed by atoms with E-state index in [1.165, 1.54) is 6.42 Å². The van der Waals surface area contributed by atoms with E-state index in [1.807, 2.05) is 24.3 Å². The van der Waals surface area contributed by atoms with Crippen molar-refractivity contribution >= 4 is 17.3 Å². The average molecular weight is 211 g/mol. The predicted molar refractivity (Wildman–Crippen MR) is 60.7 cm³/mol. The third kappa shape index (κ3) is 1.86. The Morgan fingerprint density at radius 1 is 1.43 bits per heavy atom. The third-order valence-corrected chi connectivity index (χ3v) is 3.17. The van der Waals surface area contributed by atoms with E-state index in [0.717, 1.165) is 23.6 Å². The van der Waals surface area contributed by atoms with Crippen molar-refractivity contribution in [3.63, 3.8) is 0 Å². The highest BCUT2D eigenvalue weighted by molar-refractivity contribution is 6.30. The van der Waals surface area contributed by atoms with Gasteiger partial charge in [-0.1, -0.05) is 17.7 Å². The molecule has 76 valence electrons. The molecule has 0 unspecified atom stereocenters. The summed E-state index contributed by atoms with van der Waals surface area (Å²) in [5, 5.41) is 4.24. The molecule has 1 aliphatic carbocycles. The summed E-state index contributed by atoms with van der Waals surface area (Å²) in [6.07, 6.45) is 3.59. The van der Waals surface area contributed by atoms with Crippen LogP contribution in [-0.4, -0.2) is 12.1 Å². The second kappa shape index (κ2) is 3.79. The molecule has 1 aliphatic rings. The van der Waals surface area contributed by atoms with Gasteiger partial charge in [0.05, 0.1) is 0 Å². The van der Waals surface area contributed by atoms with Gasteiger partial charge in [0.1, 0.15) is 0 Å². The van der Waals surface area contributed by atoms with E-state index in [0.29, 0.717) is 6.54 Å². The van der Waals surface area contributed by atoms with Gasteiger partial charge in [0.2, 0.25) is 0 Å². The second-order valence-corrected chi connectivity index (χ2v) is 4.41. The van der Waals surface area contributed by atoms with Crippen LogP contribution in [0.4, 0.5) is 5.69 Å². The monoisotopic (exact) mass is 210 g/mol. The van der Waals surface area contributed by atoms with Crippen molar-refractivity contribution in [3.05, 3.63) is 29.3 Å². The number of anilines is 1. The average Bonchev–Trinajstić information content (AvgIpc) is 2.11. The summed E-state index contributed by atoms with van der Waals surface area (Å²) in [7, 11) is 0. The van der Waals surface area contributed by atoms with Crippen molar-refractivity contribution in [2.24, 2.45) is 5.73 Å². The van der Waals surface area contributed by atoms with E-state index >= 15 is 0 Å². The van der Waals surface area contributed by atoms with Crippen molar-refractivity contribution in [2.75, 3.05) is 11.9 Å². The lowest BCUT2D eigenvalue weighted by Gasteiger charge is -2.42. The molecule has 3 heteroatoms. The molecule has 1 aromatic rings. The Bertz CT molecular complexity index is 315. The number of benzene rings is 1. The van der Waals surface area contributed by atoms with E-state index < -0.39 is 0 Å². The fraction of sp³-hybridized carbons (Fsp3) is 0.455. The molecule has 0 amide bonds. The van der Waals surface area contributed by atoms with Crippen LogP contribution in [0.3, 0.4) is 0 Å². The standard InChI is InChI=1S/C11H15ClN2/c12-9-3-1-4-10(7-9)14-11(8-13)5-2-6-11/h1,3-4,7,14H,2,5-6,8,13H2. The highest BCUT2D eigenvalue weighted by Gasteiger charge is 2.35. The van der Waals surface area contributed by atoms with Gasteiger partial charge in [0, 0.05) is 22.8 Å². The number of rotatable bonds is 3. The van der Waals surface area contributed by atoms with Gasteiger partial charge in [-0.2, -0.15) is 0 Å². The Balaban J connectivity index is 2.09. The highest BCUT2D eigenvalue weighted by atomic mass is 35.5. The zero-order valence-electron chi connectivity index (χ0n) is 8.09. The van der Waals surface area contributed by atoms with Crippen molar-refractivity contribution in [1.29, 1.82) is 0 Å². The Hall–Kier alpha value is -0.730. The van der Waals surface area contributed by atoms with E-state index in [-0.39, 0.29) is 5.54 Å². The first-order valence-corrected chi connectivity index (χ1v) is 5.36. The fourth-order valence-electron chi connectivity index (χ4n) is 1.86. The first-order chi connectivity index (χ1) is 6.74. The lowest BCUT2D eigenvalue weighted by atomic mass is 9.76. The van der Waals surface area contributed by atoms with Gasteiger partial charge < -0.3 is 11.1 Å². The molecule has 0 saturated heterocycles. The van der Waals surface area contributed by atoms with Crippen LogP contribution in [0.1, 0.15) is 19.3 Å². The fourth-order valence-corrected chi connectivity index (χ4v) is 2.05. The number of nitrogens with two attached hydrogens (primary N) is 1. The Labute approximate surface area is 89.4 Å². The molecule has 2 nitrogen and oxygen atoms in total. The van der Waals surface area contributed by atoms with E-state index in [2.05, 4.69) is 5.32 Å². The number of halogens is 1. The molecule has 0 radical (unpaired) electrons. The van der Waals surface area contributed by atoms with Crippen LogP contribution in [0.25, 0.3) is 0 Å². The zero-order chi connectivity index (χ0) is 10.0. The Morgan fingerprint density at radius 3 is 2.71 bits per heavy atom. The largest absolute Gasteiger partial charge is 0.378 e. The molecule has 3 N–H and O–H groups in total. The van der Waals surface area contributed by atoms with E-state index in [9.17, 15) is 0 Å². The molecule has 0 heterocycles. The SMILES string of the molecule is NCC1(Nc2cccc(Cl)c2)CCC1. The molecule has 14 heavy (non-hydrogen) atoms. The van der Waals surface area contributed by atoms with Crippen LogP contribution in [0, 0.1) is 0 Å². The first-order valence-electron chi connectivity index (χ1n) is 4.98. The first kappa shape index (κ1) is 9.81.